The summed E-state index contributed by atoms with van der Waals surface area (Å²) in [4.78, 5) is 13.1. The number of carbonyl (C=O) groups excluding carboxylic acids is 1. The molecule has 3 aromatic carbocycles. The van der Waals surface area contributed by atoms with Gasteiger partial charge >= 0.3 is 0 Å². The first kappa shape index (κ1) is 22.8. The van der Waals surface area contributed by atoms with E-state index in [0.29, 0.717) is 27.9 Å². The molecule has 1 heterocycles. The van der Waals surface area contributed by atoms with Crippen LogP contribution in [0.15, 0.2) is 71.6 Å². The summed E-state index contributed by atoms with van der Waals surface area (Å²) < 4.78 is 44.2. The predicted octanol–water partition coefficient (Wildman–Crippen LogP) is 3.95. The normalized spacial score (nSPS) is 15.2. The number of para-hydroxylation sites is 2. The second-order valence-corrected chi connectivity index (χ2v) is 9.39. The van der Waals surface area contributed by atoms with Crippen molar-refractivity contribution in [3.8, 4) is 17.2 Å². The summed E-state index contributed by atoms with van der Waals surface area (Å²) in [5.41, 5.74) is 0.780. The molecule has 0 spiro atoms. The van der Waals surface area contributed by atoms with Crippen LogP contribution in [0.2, 0.25) is 5.02 Å². The largest absolute Gasteiger partial charge is 0.497 e. The number of rotatable bonds is 6. The molecule has 1 aliphatic heterocycles. The Labute approximate surface area is 196 Å². The molecule has 1 aliphatic rings. The molecule has 172 valence electrons. The van der Waals surface area contributed by atoms with E-state index in [0.717, 1.165) is 0 Å². The van der Waals surface area contributed by atoms with E-state index in [4.69, 9.17) is 25.8 Å². The van der Waals surface area contributed by atoms with E-state index in [2.05, 4.69) is 5.32 Å². The SMILES string of the molecule is COc1ccc(S(=O)(=O)N2C[C@@H](C(=O)Nc3ccc(OC)c(Cl)c3)Oc3ccccc32)cc1. The van der Waals surface area contributed by atoms with Crippen molar-refractivity contribution in [1.82, 2.24) is 0 Å². The van der Waals surface area contributed by atoms with Crippen LogP contribution in [0.4, 0.5) is 11.4 Å². The smallest absolute Gasteiger partial charge is 0.267 e. The molecule has 0 fully saturated rings. The molecular formula is C23H21ClN2O6S. The summed E-state index contributed by atoms with van der Waals surface area (Å²) in [6, 6.07) is 17.5. The number of anilines is 2. The Kier molecular flexibility index (Phi) is 6.35. The molecule has 3 aromatic rings. The van der Waals surface area contributed by atoms with Gasteiger partial charge in [0.1, 0.15) is 17.2 Å². The van der Waals surface area contributed by atoms with Crippen molar-refractivity contribution >= 4 is 38.9 Å². The van der Waals surface area contributed by atoms with Crippen molar-refractivity contribution in [2.45, 2.75) is 11.0 Å². The average molecular weight is 489 g/mol. The highest BCUT2D eigenvalue weighted by Crippen LogP contribution is 2.37. The minimum atomic E-state index is -3.98. The quantitative estimate of drug-likeness (QED) is 0.564. The highest BCUT2D eigenvalue weighted by molar-refractivity contribution is 7.92. The predicted molar refractivity (Wildman–Crippen MR) is 125 cm³/mol. The molecule has 33 heavy (non-hydrogen) atoms. The summed E-state index contributed by atoms with van der Waals surface area (Å²) >= 11 is 6.13. The number of nitrogens with one attached hydrogen (secondary N) is 1. The van der Waals surface area contributed by atoms with Crippen molar-refractivity contribution in [2.75, 3.05) is 30.4 Å². The number of halogens is 1. The standard InChI is InChI=1S/C23H21ClN2O6S/c1-30-16-8-10-17(11-9-16)33(28,29)26-14-22(32-21-6-4-3-5-19(21)26)23(27)25-15-7-12-20(31-2)18(24)13-15/h3-13,22H,14H2,1-2H3,(H,25,27)/t22-/m0/s1. The lowest BCUT2D eigenvalue weighted by atomic mass is 10.2. The van der Waals surface area contributed by atoms with Crippen LogP contribution in [0.1, 0.15) is 0 Å². The van der Waals surface area contributed by atoms with Crippen LogP contribution in [-0.2, 0) is 14.8 Å². The molecule has 0 aromatic heterocycles. The molecule has 0 saturated carbocycles. The Morgan fingerprint density at radius 2 is 1.79 bits per heavy atom. The van der Waals surface area contributed by atoms with Gasteiger partial charge in [-0.2, -0.15) is 0 Å². The van der Waals surface area contributed by atoms with Gasteiger partial charge in [-0.25, -0.2) is 8.42 Å². The van der Waals surface area contributed by atoms with Crippen LogP contribution in [0.25, 0.3) is 0 Å². The van der Waals surface area contributed by atoms with E-state index in [1.165, 1.54) is 30.7 Å². The Morgan fingerprint density at radius 1 is 1.06 bits per heavy atom. The van der Waals surface area contributed by atoms with E-state index >= 15 is 0 Å². The number of sulfonamides is 1. The summed E-state index contributed by atoms with van der Waals surface area (Å²) in [7, 11) is -0.984. The topological polar surface area (TPSA) is 94.2 Å². The lowest BCUT2D eigenvalue weighted by molar-refractivity contribution is -0.122. The Bertz CT molecular complexity index is 1280. The average Bonchev–Trinajstić information content (AvgIpc) is 2.83. The van der Waals surface area contributed by atoms with Crippen molar-refractivity contribution in [3.05, 3.63) is 71.8 Å². The maximum atomic E-state index is 13.5. The van der Waals surface area contributed by atoms with E-state index in [1.54, 1.807) is 54.6 Å². The van der Waals surface area contributed by atoms with Crippen molar-refractivity contribution in [2.24, 2.45) is 0 Å². The van der Waals surface area contributed by atoms with Crippen LogP contribution in [0.3, 0.4) is 0 Å². The molecule has 0 bridgehead atoms. The molecule has 8 nitrogen and oxygen atoms in total. The number of fused-ring (bicyclic) bond motifs is 1. The molecule has 1 N–H and O–H groups in total. The zero-order chi connectivity index (χ0) is 23.6. The molecule has 0 saturated heterocycles. The molecule has 0 unspecified atom stereocenters. The van der Waals surface area contributed by atoms with Gasteiger partial charge < -0.3 is 19.5 Å². The molecule has 1 amide bonds. The summed E-state index contributed by atoms with van der Waals surface area (Å²) in [5, 5.41) is 3.05. The number of carbonyl (C=O) groups is 1. The van der Waals surface area contributed by atoms with Gasteiger partial charge in [-0.3, -0.25) is 9.10 Å². The van der Waals surface area contributed by atoms with Crippen molar-refractivity contribution in [1.29, 1.82) is 0 Å². The highest BCUT2D eigenvalue weighted by atomic mass is 35.5. The van der Waals surface area contributed by atoms with E-state index < -0.39 is 22.0 Å². The molecule has 1 atom stereocenters. The number of benzene rings is 3. The first-order chi connectivity index (χ1) is 15.8. The monoisotopic (exact) mass is 488 g/mol. The van der Waals surface area contributed by atoms with E-state index in [1.807, 2.05) is 0 Å². The third-order valence-corrected chi connectivity index (χ3v) is 7.18. The number of methoxy groups -OCH3 is 2. The van der Waals surface area contributed by atoms with Gasteiger partial charge in [0.2, 0.25) is 0 Å². The number of ether oxygens (including phenoxy) is 3. The van der Waals surface area contributed by atoms with Gasteiger partial charge in [-0.1, -0.05) is 23.7 Å². The molecule has 0 aliphatic carbocycles. The fraction of sp³-hybridized carbons (Fsp3) is 0.174. The summed E-state index contributed by atoms with van der Waals surface area (Å²) in [6.07, 6.45) is -1.09. The first-order valence-corrected chi connectivity index (χ1v) is 11.7. The zero-order valence-electron chi connectivity index (χ0n) is 17.8. The molecule has 10 heteroatoms. The fourth-order valence-electron chi connectivity index (χ4n) is 3.41. The second-order valence-electron chi connectivity index (χ2n) is 7.12. The third-order valence-electron chi connectivity index (χ3n) is 5.09. The maximum absolute atomic E-state index is 13.5. The minimum Gasteiger partial charge on any atom is -0.497 e. The Balaban J connectivity index is 1.63. The van der Waals surface area contributed by atoms with Gasteiger partial charge in [0.25, 0.3) is 15.9 Å². The van der Waals surface area contributed by atoms with Crippen LogP contribution >= 0.6 is 11.6 Å². The van der Waals surface area contributed by atoms with Gasteiger partial charge in [0.05, 0.1) is 36.4 Å². The van der Waals surface area contributed by atoms with Gasteiger partial charge in [0.15, 0.2) is 6.10 Å². The van der Waals surface area contributed by atoms with Crippen molar-refractivity contribution < 1.29 is 27.4 Å². The molecule has 0 radical (unpaired) electrons. The first-order valence-electron chi connectivity index (χ1n) is 9.90. The van der Waals surface area contributed by atoms with E-state index in [-0.39, 0.29) is 17.2 Å². The highest BCUT2D eigenvalue weighted by Gasteiger charge is 2.37. The number of hydrogen-bond acceptors (Lipinski definition) is 6. The lowest BCUT2D eigenvalue weighted by Crippen LogP contribution is -2.48. The fourth-order valence-corrected chi connectivity index (χ4v) is 5.14. The third kappa shape index (κ3) is 4.55. The van der Waals surface area contributed by atoms with Crippen molar-refractivity contribution in [3.63, 3.8) is 0 Å². The zero-order valence-corrected chi connectivity index (χ0v) is 19.4. The van der Waals surface area contributed by atoms with E-state index in [9.17, 15) is 13.2 Å². The van der Waals surface area contributed by atoms with Gasteiger partial charge in [-0.15, -0.1) is 0 Å². The van der Waals surface area contributed by atoms with Crippen LogP contribution in [0.5, 0.6) is 17.2 Å². The minimum absolute atomic E-state index is 0.0705. The summed E-state index contributed by atoms with van der Waals surface area (Å²) in [5.74, 6) is 0.774. The summed E-state index contributed by atoms with van der Waals surface area (Å²) in [6.45, 7) is -0.207. The molecular weight excluding hydrogens is 468 g/mol. The van der Waals surface area contributed by atoms with Crippen LogP contribution in [0, 0.1) is 0 Å². The van der Waals surface area contributed by atoms with Crippen LogP contribution < -0.4 is 23.8 Å². The van der Waals surface area contributed by atoms with Gasteiger partial charge in [0, 0.05) is 5.69 Å². The lowest BCUT2D eigenvalue weighted by Gasteiger charge is -2.34. The number of nitrogens with zero attached hydrogens (tertiary/aromatic N) is 1. The molecule has 4 rings (SSSR count). The number of hydrogen-bond donors (Lipinski definition) is 1. The van der Waals surface area contributed by atoms with Crippen LogP contribution in [-0.4, -0.2) is 41.2 Å². The second kappa shape index (κ2) is 9.21. The maximum Gasteiger partial charge on any atom is 0.267 e. The Hall–Kier alpha value is -3.43. The Morgan fingerprint density at radius 3 is 2.45 bits per heavy atom. The van der Waals surface area contributed by atoms with Gasteiger partial charge in [-0.05, 0) is 54.6 Å². The number of amides is 1.